The van der Waals surface area contributed by atoms with E-state index in [9.17, 15) is 0 Å². The molecule has 2 aliphatic rings. The van der Waals surface area contributed by atoms with Gasteiger partial charge in [0, 0.05) is 22.3 Å². The van der Waals surface area contributed by atoms with Crippen molar-refractivity contribution in [3.05, 3.63) is 94.0 Å². The summed E-state index contributed by atoms with van der Waals surface area (Å²) in [6.07, 6.45) is 0. The van der Waals surface area contributed by atoms with Crippen molar-refractivity contribution in [1.29, 1.82) is 0 Å². The topological polar surface area (TPSA) is 0 Å². The van der Waals surface area contributed by atoms with Crippen LogP contribution in [0.15, 0.2) is 60.7 Å². The SMILES string of the molecule is CC(C)(C)c1ccc2c(c1)-c1c(ccc3c4c(ccc13)C(Cl)(Cl)c1ccc(C(C)(C)C)cc1-4)C2(Cl)Cl. The fourth-order valence-electron chi connectivity index (χ4n) is 5.78. The van der Waals surface area contributed by atoms with E-state index in [0.29, 0.717) is 0 Å². The van der Waals surface area contributed by atoms with Crippen LogP contribution in [0.3, 0.4) is 0 Å². The average Bonchev–Trinajstić information content (AvgIpc) is 3.17. The molecule has 36 heavy (non-hydrogen) atoms. The lowest BCUT2D eigenvalue weighted by Gasteiger charge is -2.21. The highest BCUT2D eigenvalue weighted by Gasteiger charge is 2.44. The predicted octanol–water partition coefficient (Wildman–Crippen LogP) is 10.8. The van der Waals surface area contributed by atoms with Gasteiger partial charge < -0.3 is 0 Å². The van der Waals surface area contributed by atoms with Gasteiger partial charge in [-0.05, 0) is 55.0 Å². The summed E-state index contributed by atoms with van der Waals surface area (Å²) in [6, 6.07) is 21.4. The molecule has 0 nitrogen and oxygen atoms in total. The summed E-state index contributed by atoms with van der Waals surface area (Å²) in [6.45, 7) is 13.3. The van der Waals surface area contributed by atoms with Gasteiger partial charge in [-0.1, -0.05) is 149 Å². The third-order valence-corrected chi connectivity index (χ3v) is 9.49. The van der Waals surface area contributed by atoms with Crippen molar-refractivity contribution < 1.29 is 0 Å². The highest BCUT2D eigenvalue weighted by Crippen LogP contribution is 2.60. The normalized spacial score (nSPS) is 17.1. The summed E-state index contributed by atoms with van der Waals surface area (Å²) < 4.78 is -2.21. The van der Waals surface area contributed by atoms with Crippen LogP contribution in [0.25, 0.3) is 33.0 Å². The number of rotatable bonds is 0. The fourth-order valence-corrected chi connectivity index (χ4v) is 7.07. The molecule has 0 radical (unpaired) electrons. The summed E-state index contributed by atoms with van der Waals surface area (Å²) in [5, 5.41) is 2.22. The zero-order valence-electron chi connectivity index (χ0n) is 21.3. The van der Waals surface area contributed by atoms with E-state index in [0.717, 1.165) is 55.3 Å². The highest BCUT2D eigenvalue weighted by atomic mass is 35.5. The monoisotopic (exact) mass is 552 g/mol. The number of fused-ring (bicyclic) bond motifs is 9. The van der Waals surface area contributed by atoms with Crippen LogP contribution in [0.4, 0.5) is 0 Å². The zero-order chi connectivity index (χ0) is 26.0. The van der Waals surface area contributed by atoms with Crippen molar-refractivity contribution in [3.8, 4) is 22.3 Å². The molecule has 0 aliphatic heterocycles. The second kappa shape index (κ2) is 7.45. The van der Waals surface area contributed by atoms with Gasteiger partial charge >= 0.3 is 0 Å². The first-order valence-corrected chi connectivity index (χ1v) is 13.8. The standard InChI is InChI=1S/C32H28Cl4/c1-29(2,3)17-7-11-23-21(15-17)27-19-9-14-26-28(20(19)10-13-25(27)31(23,33)34)22-16-18(30(4,5)6)8-12-24(22)32(26,35)36/h7-16H,1-6H3. The van der Waals surface area contributed by atoms with E-state index >= 15 is 0 Å². The summed E-state index contributed by atoms with van der Waals surface area (Å²) >= 11 is 28.1. The Morgan fingerprint density at radius 3 is 1.14 bits per heavy atom. The second-order valence-corrected chi connectivity index (χ2v) is 14.9. The van der Waals surface area contributed by atoms with Crippen molar-refractivity contribution in [3.63, 3.8) is 0 Å². The Balaban J connectivity index is 1.70. The van der Waals surface area contributed by atoms with Crippen LogP contribution >= 0.6 is 46.4 Å². The van der Waals surface area contributed by atoms with Gasteiger partial charge in [0.2, 0.25) is 0 Å². The van der Waals surface area contributed by atoms with E-state index in [4.69, 9.17) is 46.4 Å². The van der Waals surface area contributed by atoms with Crippen LogP contribution < -0.4 is 0 Å². The zero-order valence-corrected chi connectivity index (χ0v) is 24.3. The molecule has 4 aromatic carbocycles. The van der Waals surface area contributed by atoms with Crippen molar-refractivity contribution in [1.82, 2.24) is 0 Å². The lowest BCUT2D eigenvalue weighted by molar-refractivity contribution is 0.590. The maximum absolute atomic E-state index is 7.03. The van der Waals surface area contributed by atoms with Gasteiger partial charge in [-0.15, -0.1) is 0 Å². The van der Waals surface area contributed by atoms with Crippen molar-refractivity contribution in [2.24, 2.45) is 0 Å². The molecule has 2 aliphatic carbocycles. The predicted molar refractivity (Wildman–Crippen MR) is 157 cm³/mol. The molecule has 0 saturated heterocycles. The molecule has 0 unspecified atom stereocenters. The Morgan fingerprint density at radius 2 is 0.806 bits per heavy atom. The number of hydrogen-bond donors (Lipinski definition) is 0. The van der Waals surface area contributed by atoms with Gasteiger partial charge in [0.05, 0.1) is 0 Å². The minimum absolute atomic E-state index is 0.00402. The molecule has 4 aromatic rings. The summed E-state index contributed by atoms with van der Waals surface area (Å²) in [4.78, 5) is 0. The van der Waals surface area contributed by atoms with E-state index < -0.39 is 8.67 Å². The van der Waals surface area contributed by atoms with E-state index in [1.807, 2.05) is 0 Å². The first-order valence-electron chi connectivity index (χ1n) is 12.3. The molecule has 0 bridgehead atoms. The van der Waals surface area contributed by atoms with Gasteiger partial charge in [0.1, 0.15) is 0 Å². The number of alkyl halides is 4. The lowest BCUT2D eigenvalue weighted by atomic mass is 9.84. The number of benzene rings is 4. The fraction of sp³-hybridized carbons (Fsp3) is 0.312. The van der Waals surface area contributed by atoms with E-state index in [1.165, 1.54) is 11.1 Å². The van der Waals surface area contributed by atoms with Crippen LogP contribution in [0.1, 0.15) is 74.9 Å². The molecule has 0 aromatic heterocycles. The first kappa shape index (κ1) is 24.6. The molecule has 0 heterocycles. The summed E-state index contributed by atoms with van der Waals surface area (Å²) in [7, 11) is 0. The largest absolute Gasteiger partial charge is 0.169 e. The highest BCUT2D eigenvalue weighted by molar-refractivity contribution is 6.53. The van der Waals surface area contributed by atoms with Gasteiger partial charge in [-0.3, -0.25) is 0 Å². The van der Waals surface area contributed by atoms with E-state index in [-0.39, 0.29) is 10.8 Å². The van der Waals surface area contributed by atoms with Crippen molar-refractivity contribution in [2.45, 2.75) is 61.0 Å². The Morgan fingerprint density at radius 1 is 0.472 bits per heavy atom. The minimum atomic E-state index is -1.10. The van der Waals surface area contributed by atoms with Crippen LogP contribution in [0, 0.1) is 0 Å². The minimum Gasteiger partial charge on any atom is -0.0909 e. The molecule has 6 rings (SSSR count). The van der Waals surface area contributed by atoms with Crippen LogP contribution in [-0.2, 0) is 19.5 Å². The second-order valence-electron chi connectivity index (χ2n) is 12.2. The third-order valence-electron chi connectivity index (χ3n) is 7.86. The molecule has 184 valence electrons. The van der Waals surface area contributed by atoms with Crippen molar-refractivity contribution >= 4 is 57.2 Å². The average molecular weight is 554 g/mol. The molecule has 0 N–H and O–H groups in total. The molecule has 0 spiro atoms. The first-order chi connectivity index (χ1) is 16.6. The molecule has 4 heteroatoms. The van der Waals surface area contributed by atoms with E-state index in [2.05, 4.69) is 102 Å². The Labute approximate surface area is 233 Å². The molecule has 0 amide bonds. The Hall–Kier alpha value is -1.70. The molecule has 0 saturated carbocycles. The number of hydrogen-bond acceptors (Lipinski definition) is 0. The summed E-state index contributed by atoms with van der Waals surface area (Å²) in [5.41, 5.74) is 10.6. The number of halogens is 4. The Kier molecular flexibility index (Phi) is 5.09. The van der Waals surface area contributed by atoms with Crippen LogP contribution in [0.5, 0.6) is 0 Å². The quantitative estimate of drug-likeness (QED) is 0.190. The smallest absolute Gasteiger partial charge is 0.0909 e. The molecule has 0 atom stereocenters. The summed E-state index contributed by atoms with van der Waals surface area (Å²) in [5.74, 6) is 0. The lowest BCUT2D eigenvalue weighted by Crippen LogP contribution is -2.12. The van der Waals surface area contributed by atoms with Crippen LogP contribution in [-0.4, -0.2) is 0 Å². The molecular formula is C32H28Cl4. The van der Waals surface area contributed by atoms with Gasteiger partial charge in [0.15, 0.2) is 8.67 Å². The van der Waals surface area contributed by atoms with Gasteiger partial charge in [0.25, 0.3) is 0 Å². The van der Waals surface area contributed by atoms with E-state index in [1.54, 1.807) is 0 Å². The van der Waals surface area contributed by atoms with Gasteiger partial charge in [-0.25, -0.2) is 0 Å². The van der Waals surface area contributed by atoms with Crippen molar-refractivity contribution in [2.75, 3.05) is 0 Å². The Bertz CT molecular complexity index is 1470. The molecular weight excluding hydrogens is 526 g/mol. The maximum atomic E-state index is 7.03. The molecule has 0 fully saturated rings. The third kappa shape index (κ3) is 3.27. The van der Waals surface area contributed by atoms with Crippen LogP contribution in [0.2, 0.25) is 0 Å². The maximum Gasteiger partial charge on any atom is 0.169 e. The van der Waals surface area contributed by atoms with Gasteiger partial charge in [-0.2, -0.15) is 0 Å².